The highest BCUT2D eigenvalue weighted by molar-refractivity contribution is 6.13. The van der Waals surface area contributed by atoms with Crippen molar-refractivity contribution in [3.63, 3.8) is 0 Å². The molecule has 0 heterocycles. The zero-order valence-corrected chi connectivity index (χ0v) is 20.2. The molecule has 1 aliphatic carbocycles. The number of hydrogen-bond acceptors (Lipinski definition) is 6. The highest BCUT2D eigenvalue weighted by Gasteiger charge is 2.29. The second-order valence-electron chi connectivity index (χ2n) is 8.29. The summed E-state index contributed by atoms with van der Waals surface area (Å²) in [4.78, 5) is 26.1. The molecule has 1 saturated carbocycles. The molecule has 0 bridgehead atoms. The van der Waals surface area contributed by atoms with Crippen LogP contribution in [0.4, 0.5) is 0 Å². The highest BCUT2D eigenvalue weighted by Crippen LogP contribution is 2.34. The Kier molecular flexibility index (Phi) is 8.91. The molecule has 2 aromatic carbocycles. The van der Waals surface area contributed by atoms with Crippen molar-refractivity contribution in [1.82, 2.24) is 0 Å². The van der Waals surface area contributed by atoms with Gasteiger partial charge in [-0.05, 0) is 59.9 Å². The zero-order chi connectivity index (χ0) is 24.5. The summed E-state index contributed by atoms with van der Waals surface area (Å²) in [6.07, 6.45) is 10.3. The van der Waals surface area contributed by atoms with Crippen LogP contribution in [-0.4, -0.2) is 40.0 Å². The van der Waals surface area contributed by atoms with Gasteiger partial charge in [0.1, 0.15) is 0 Å². The molecule has 1 fully saturated rings. The Morgan fingerprint density at radius 2 is 1.21 bits per heavy atom. The van der Waals surface area contributed by atoms with Gasteiger partial charge in [0.05, 0.1) is 34.4 Å². The van der Waals surface area contributed by atoms with Gasteiger partial charge in [0, 0.05) is 0 Å². The van der Waals surface area contributed by atoms with Gasteiger partial charge in [-0.15, -0.1) is 0 Å². The van der Waals surface area contributed by atoms with Crippen molar-refractivity contribution in [3.05, 3.63) is 59.7 Å². The number of methoxy groups -OCH3 is 4. The van der Waals surface area contributed by atoms with E-state index >= 15 is 0 Å². The lowest BCUT2D eigenvalue weighted by Gasteiger charge is -2.27. The molecule has 2 aromatic rings. The van der Waals surface area contributed by atoms with Gasteiger partial charge in [0.15, 0.2) is 34.6 Å². The molecule has 0 aromatic heterocycles. The normalized spacial score (nSPS) is 14.6. The fourth-order valence-corrected chi connectivity index (χ4v) is 3.94. The van der Waals surface area contributed by atoms with Crippen LogP contribution in [0.15, 0.2) is 48.6 Å². The summed E-state index contributed by atoms with van der Waals surface area (Å²) in [5.74, 6) is 1.73. The molecule has 6 nitrogen and oxygen atoms in total. The minimum absolute atomic E-state index is 0.191. The lowest BCUT2D eigenvalue weighted by molar-refractivity contribution is -0.128. The Bertz CT molecular complexity index is 987. The number of ether oxygens (including phenoxy) is 4. The summed E-state index contributed by atoms with van der Waals surface area (Å²) in [5, 5.41) is 0. The highest BCUT2D eigenvalue weighted by atomic mass is 16.5. The molecule has 180 valence electrons. The van der Waals surface area contributed by atoms with Gasteiger partial charge in [-0.1, -0.05) is 43.5 Å². The lowest BCUT2D eigenvalue weighted by atomic mass is 9.76. The third-order valence-electron chi connectivity index (χ3n) is 6.18. The van der Waals surface area contributed by atoms with Crippen molar-refractivity contribution in [1.29, 1.82) is 0 Å². The van der Waals surface area contributed by atoms with Gasteiger partial charge in [-0.25, -0.2) is 0 Å². The number of benzene rings is 2. The summed E-state index contributed by atoms with van der Waals surface area (Å²) in [6, 6.07) is 10.8. The van der Waals surface area contributed by atoms with Gasteiger partial charge < -0.3 is 18.9 Å². The first-order chi connectivity index (χ1) is 16.5. The topological polar surface area (TPSA) is 71.1 Å². The van der Waals surface area contributed by atoms with Gasteiger partial charge in [-0.2, -0.15) is 0 Å². The van der Waals surface area contributed by atoms with Crippen molar-refractivity contribution < 1.29 is 28.5 Å². The molecule has 34 heavy (non-hydrogen) atoms. The summed E-state index contributed by atoms with van der Waals surface area (Å²) in [7, 11) is 6.27. The molecule has 1 aliphatic rings. The molecule has 6 heteroatoms. The largest absolute Gasteiger partial charge is 0.493 e. The van der Waals surface area contributed by atoms with Gasteiger partial charge in [-0.3, -0.25) is 9.59 Å². The Balaban J connectivity index is 1.76. The van der Waals surface area contributed by atoms with Gasteiger partial charge in [0.2, 0.25) is 0 Å². The minimum atomic E-state index is -0.696. The van der Waals surface area contributed by atoms with Gasteiger partial charge >= 0.3 is 0 Å². The number of ketones is 2. The van der Waals surface area contributed by atoms with E-state index in [1.807, 2.05) is 12.1 Å². The van der Waals surface area contributed by atoms with Crippen LogP contribution >= 0.6 is 0 Å². The van der Waals surface area contributed by atoms with Gasteiger partial charge in [0.25, 0.3) is 0 Å². The maximum Gasteiger partial charge on any atom is 0.166 e. The van der Waals surface area contributed by atoms with Crippen molar-refractivity contribution in [2.45, 2.75) is 25.7 Å². The number of rotatable bonds is 12. The summed E-state index contributed by atoms with van der Waals surface area (Å²) in [6.45, 7) is 0. The lowest BCUT2D eigenvalue weighted by Crippen LogP contribution is -2.26. The third kappa shape index (κ3) is 6.28. The van der Waals surface area contributed by atoms with Crippen molar-refractivity contribution in [2.24, 2.45) is 11.8 Å². The molecule has 0 aliphatic heterocycles. The Morgan fingerprint density at radius 3 is 1.56 bits per heavy atom. The molecule has 0 atom stereocenters. The molecule has 0 saturated heterocycles. The molecule has 0 N–H and O–H groups in total. The quantitative estimate of drug-likeness (QED) is 0.310. The molecular formula is C28H32O6. The predicted molar refractivity (Wildman–Crippen MR) is 133 cm³/mol. The van der Waals surface area contributed by atoms with E-state index in [9.17, 15) is 9.59 Å². The zero-order valence-electron chi connectivity index (χ0n) is 20.2. The Labute approximate surface area is 201 Å². The number of allylic oxidation sites excluding steroid dienone is 2. The van der Waals surface area contributed by atoms with Crippen molar-refractivity contribution in [3.8, 4) is 23.0 Å². The van der Waals surface area contributed by atoms with E-state index in [0.29, 0.717) is 35.3 Å². The number of carbonyl (C=O) groups is 2. The number of hydrogen-bond donors (Lipinski definition) is 0. The van der Waals surface area contributed by atoms with Crippen LogP contribution in [0.5, 0.6) is 23.0 Å². The molecule has 0 unspecified atom stereocenters. The second kappa shape index (κ2) is 12.1. The number of carbonyl (C=O) groups excluding carboxylic acids is 2. The average molecular weight is 465 g/mol. The summed E-state index contributed by atoms with van der Waals surface area (Å²) < 4.78 is 21.2. The first kappa shape index (κ1) is 25.1. The SMILES string of the molecule is COc1ccc(C=CC(=O)C(CC2CCC2)C(=O)C=Cc2ccc(OC)c(OC)c2)cc1OC. The monoisotopic (exact) mass is 464 g/mol. The van der Waals surface area contributed by atoms with Crippen LogP contribution in [0.3, 0.4) is 0 Å². The molecule has 0 radical (unpaired) electrons. The van der Waals surface area contributed by atoms with E-state index in [2.05, 4.69) is 0 Å². The summed E-state index contributed by atoms with van der Waals surface area (Å²) >= 11 is 0. The molecular weight excluding hydrogens is 432 g/mol. The first-order valence-electron chi connectivity index (χ1n) is 11.4. The van der Waals surface area contributed by atoms with Crippen LogP contribution in [0.2, 0.25) is 0 Å². The van der Waals surface area contributed by atoms with Crippen LogP contribution in [-0.2, 0) is 9.59 Å². The smallest absolute Gasteiger partial charge is 0.166 e. The standard InChI is InChI=1S/C28H32O6/c1-31-25-14-10-20(17-27(25)33-3)8-12-23(29)22(16-19-6-5-7-19)24(30)13-9-21-11-15-26(32-2)28(18-21)34-4/h8-15,17-19,22H,5-7,16H2,1-4H3. The van der Waals surface area contributed by atoms with Crippen LogP contribution < -0.4 is 18.9 Å². The van der Waals surface area contributed by atoms with Crippen LogP contribution in [0.25, 0.3) is 12.2 Å². The van der Waals surface area contributed by atoms with Crippen molar-refractivity contribution in [2.75, 3.05) is 28.4 Å². The Morgan fingerprint density at radius 1 is 0.765 bits per heavy atom. The van der Waals surface area contributed by atoms with E-state index in [1.165, 1.54) is 12.2 Å². The second-order valence-corrected chi connectivity index (χ2v) is 8.29. The van der Waals surface area contributed by atoms with Crippen LogP contribution in [0, 0.1) is 11.8 Å². The molecule has 3 rings (SSSR count). The minimum Gasteiger partial charge on any atom is -0.493 e. The van der Waals surface area contributed by atoms with E-state index < -0.39 is 5.92 Å². The van der Waals surface area contributed by atoms with E-state index in [-0.39, 0.29) is 11.6 Å². The van der Waals surface area contributed by atoms with E-state index in [1.54, 1.807) is 64.9 Å². The fraction of sp³-hybridized carbons (Fsp3) is 0.357. The predicted octanol–water partition coefficient (Wildman–Crippen LogP) is 5.39. The first-order valence-corrected chi connectivity index (χ1v) is 11.4. The molecule has 0 spiro atoms. The van der Waals surface area contributed by atoms with Crippen LogP contribution in [0.1, 0.15) is 36.8 Å². The fourth-order valence-electron chi connectivity index (χ4n) is 3.94. The average Bonchev–Trinajstić information content (AvgIpc) is 2.84. The van der Waals surface area contributed by atoms with Crippen molar-refractivity contribution >= 4 is 23.7 Å². The maximum atomic E-state index is 13.1. The third-order valence-corrected chi connectivity index (χ3v) is 6.18. The summed E-state index contributed by atoms with van der Waals surface area (Å²) in [5.41, 5.74) is 1.59. The maximum absolute atomic E-state index is 13.1. The molecule has 0 amide bonds. The Hall–Kier alpha value is -3.54. The van der Waals surface area contributed by atoms with E-state index in [4.69, 9.17) is 18.9 Å². The van der Waals surface area contributed by atoms with E-state index in [0.717, 1.165) is 30.4 Å².